The van der Waals surface area contributed by atoms with E-state index >= 15 is 0 Å². The molecule has 0 saturated carbocycles. The highest BCUT2D eigenvalue weighted by molar-refractivity contribution is 4.80. The molecule has 19 heavy (non-hydrogen) atoms. The molecule has 0 bridgehead atoms. The van der Waals surface area contributed by atoms with Crippen LogP contribution < -0.4 is 0 Å². The van der Waals surface area contributed by atoms with E-state index < -0.39 is 0 Å². The van der Waals surface area contributed by atoms with Crippen molar-refractivity contribution >= 4 is 0 Å². The summed E-state index contributed by atoms with van der Waals surface area (Å²) in [5, 5.41) is 8.58. The molecule has 1 N–H and O–H groups in total. The van der Waals surface area contributed by atoms with Gasteiger partial charge in [-0.05, 0) is 12.8 Å². The van der Waals surface area contributed by atoms with Crippen LogP contribution in [0.2, 0.25) is 0 Å². The summed E-state index contributed by atoms with van der Waals surface area (Å²) in [5.74, 6) is 0. The molecule has 0 aromatic heterocycles. The summed E-state index contributed by atoms with van der Waals surface area (Å²) in [6, 6.07) is 0. The topological polar surface area (TPSA) is 20.2 Å². The molecular weight excluding hydrogens is 232 g/mol. The number of aliphatic hydroxyl groups is 1. The zero-order valence-electron chi connectivity index (χ0n) is 13.2. The summed E-state index contributed by atoms with van der Waals surface area (Å²) in [5.41, 5.74) is 0. The Bertz CT molecular complexity index is 175. The van der Waals surface area contributed by atoms with Crippen LogP contribution in [0, 0.1) is 0 Å². The third-order valence-electron chi connectivity index (χ3n) is 3.75. The SMILES string of the molecule is CCCCCCCCCCCCCCC/C=C/CO. The molecule has 0 aromatic carbocycles. The van der Waals surface area contributed by atoms with E-state index in [0.717, 1.165) is 6.42 Å². The molecular formula is C18H36O. The summed E-state index contributed by atoms with van der Waals surface area (Å²) < 4.78 is 0. The minimum atomic E-state index is 0.193. The summed E-state index contributed by atoms with van der Waals surface area (Å²) in [7, 11) is 0. The Labute approximate surface area is 121 Å². The molecule has 0 atom stereocenters. The van der Waals surface area contributed by atoms with E-state index in [9.17, 15) is 0 Å². The van der Waals surface area contributed by atoms with Crippen molar-refractivity contribution in [2.24, 2.45) is 0 Å². The third-order valence-corrected chi connectivity index (χ3v) is 3.75. The Kier molecular flexibility index (Phi) is 17.4. The van der Waals surface area contributed by atoms with Crippen LogP contribution >= 0.6 is 0 Å². The predicted octanol–water partition coefficient (Wildman–Crippen LogP) is 6.02. The molecule has 0 aromatic rings. The zero-order valence-corrected chi connectivity index (χ0v) is 13.2. The van der Waals surface area contributed by atoms with Crippen molar-refractivity contribution in [3.8, 4) is 0 Å². The number of rotatable bonds is 15. The largest absolute Gasteiger partial charge is 0.392 e. The van der Waals surface area contributed by atoms with Gasteiger partial charge in [0, 0.05) is 0 Å². The molecule has 0 aliphatic carbocycles. The molecule has 0 heterocycles. The molecule has 0 spiro atoms. The highest BCUT2D eigenvalue weighted by Crippen LogP contribution is 2.12. The van der Waals surface area contributed by atoms with Gasteiger partial charge in [-0.3, -0.25) is 0 Å². The number of unbranched alkanes of at least 4 members (excludes halogenated alkanes) is 13. The Morgan fingerprint density at radius 1 is 0.579 bits per heavy atom. The van der Waals surface area contributed by atoms with Crippen LogP contribution in [0.25, 0.3) is 0 Å². The molecule has 0 aliphatic heterocycles. The lowest BCUT2D eigenvalue weighted by atomic mass is 10.0. The van der Waals surface area contributed by atoms with Gasteiger partial charge < -0.3 is 5.11 Å². The molecule has 0 fully saturated rings. The van der Waals surface area contributed by atoms with E-state index in [0.29, 0.717) is 0 Å². The molecule has 0 saturated heterocycles. The predicted molar refractivity (Wildman–Crippen MR) is 86.5 cm³/mol. The van der Waals surface area contributed by atoms with Crippen LogP contribution in [0.1, 0.15) is 96.8 Å². The van der Waals surface area contributed by atoms with Gasteiger partial charge in [0.25, 0.3) is 0 Å². The second-order valence-corrected chi connectivity index (χ2v) is 5.69. The first-order valence-electron chi connectivity index (χ1n) is 8.67. The van der Waals surface area contributed by atoms with Gasteiger partial charge in [0.15, 0.2) is 0 Å². The standard InChI is InChI=1S/C18H36O/c1-2-3-4-5-6-7-8-9-10-11-12-13-14-15-16-17-18-19/h16-17,19H,2-15,18H2,1H3/b17-16+. The first-order chi connectivity index (χ1) is 9.41. The number of allylic oxidation sites excluding steroid dienone is 1. The fourth-order valence-electron chi connectivity index (χ4n) is 2.47. The molecule has 1 heteroatoms. The molecule has 0 amide bonds. The fourth-order valence-corrected chi connectivity index (χ4v) is 2.47. The van der Waals surface area contributed by atoms with Crippen LogP contribution in [-0.2, 0) is 0 Å². The first kappa shape index (κ1) is 18.7. The molecule has 1 nitrogen and oxygen atoms in total. The van der Waals surface area contributed by atoms with E-state index in [-0.39, 0.29) is 6.61 Å². The van der Waals surface area contributed by atoms with Crippen molar-refractivity contribution in [2.45, 2.75) is 96.8 Å². The normalized spacial score (nSPS) is 11.5. The Balaban J connectivity index is 2.93. The Morgan fingerprint density at radius 3 is 1.42 bits per heavy atom. The van der Waals surface area contributed by atoms with Crippen molar-refractivity contribution in [2.75, 3.05) is 6.61 Å². The lowest BCUT2D eigenvalue weighted by Crippen LogP contribution is -1.82. The molecule has 0 aliphatic rings. The van der Waals surface area contributed by atoms with Crippen LogP contribution in [0.5, 0.6) is 0 Å². The van der Waals surface area contributed by atoms with Gasteiger partial charge in [-0.25, -0.2) is 0 Å². The lowest BCUT2D eigenvalue weighted by molar-refractivity contribution is 0.342. The van der Waals surface area contributed by atoms with E-state index in [1.807, 2.05) is 6.08 Å². The van der Waals surface area contributed by atoms with Gasteiger partial charge in [0.2, 0.25) is 0 Å². The third kappa shape index (κ3) is 17.7. The molecule has 0 unspecified atom stereocenters. The minimum absolute atomic E-state index is 0.193. The van der Waals surface area contributed by atoms with Crippen LogP contribution in [0.3, 0.4) is 0 Å². The van der Waals surface area contributed by atoms with Crippen molar-refractivity contribution in [3.63, 3.8) is 0 Å². The van der Waals surface area contributed by atoms with Crippen molar-refractivity contribution in [1.82, 2.24) is 0 Å². The highest BCUT2D eigenvalue weighted by Gasteiger charge is 1.93. The number of hydrogen-bond donors (Lipinski definition) is 1. The second kappa shape index (κ2) is 17.7. The van der Waals surface area contributed by atoms with Gasteiger partial charge >= 0.3 is 0 Å². The smallest absolute Gasteiger partial charge is 0.0612 e. The van der Waals surface area contributed by atoms with Crippen LogP contribution in [-0.4, -0.2) is 11.7 Å². The maximum atomic E-state index is 8.58. The lowest BCUT2D eigenvalue weighted by Gasteiger charge is -2.02. The molecule has 0 radical (unpaired) electrons. The van der Waals surface area contributed by atoms with Crippen molar-refractivity contribution in [3.05, 3.63) is 12.2 Å². The van der Waals surface area contributed by atoms with Gasteiger partial charge in [0.05, 0.1) is 6.61 Å². The molecule has 0 rings (SSSR count). The number of hydrogen-bond acceptors (Lipinski definition) is 1. The van der Waals surface area contributed by atoms with E-state index in [2.05, 4.69) is 13.0 Å². The van der Waals surface area contributed by atoms with Crippen molar-refractivity contribution < 1.29 is 5.11 Å². The quantitative estimate of drug-likeness (QED) is 0.284. The maximum absolute atomic E-state index is 8.58. The van der Waals surface area contributed by atoms with Crippen LogP contribution in [0.15, 0.2) is 12.2 Å². The summed E-state index contributed by atoms with van der Waals surface area (Å²) in [6.07, 6.45) is 23.4. The average Bonchev–Trinajstić information content (AvgIpc) is 2.43. The van der Waals surface area contributed by atoms with E-state index in [1.165, 1.54) is 83.5 Å². The van der Waals surface area contributed by atoms with E-state index in [1.54, 1.807) is 0 Å². The zero-order chi connectivity index (χ0) is 14.0. The molecule has 114 valence electrons. The van der Waals surface area contributed by atoms with E-state index in [4.69, 9.17) is 5.11 Å². The van der Waals surface area contributed by atoms with Gasteiger partial charge in [-0.2, -0.15) is 0 Å². The average molecular weight is 268 g/mol. The highest BCUT2D eigenvalue weighted by atomic mass is 16.2. The summed E-state index contributed by atoms with van der Waals surface area (Å²) in [6.45, 7) is 2.47. The fraction of sp³-hybridized carbons (Fsp3) is 0.889. The van der Waals surface area contributed by atoms with Gasteiger partial charge in [-0.15, -0.1) is 0 Å². The number of aliphatic hydroxyl groups excluding tert-OH is 1. The van der Waals surface area contributed by atoms with Gasteiger partial charge in [0.1, 0.15) is 0 Å². The maximum Gasteiger partial charge on any atom is 0.0612 e. The Hall–Kier alpha value is -0.300. The van der Waals surface area contributed by atoms with Crippen molar-refractivity contribution in [1.29, 1.82) is 0 Å². The first-order valence-corrected chi connectivity index (χ1v) is 8.67. The van der Waals surface area contributed by atoms with Crippen LogP contribution in [0.4, 0.5) is 0 Å². The van der Waals surface area contributed by atoms with Gasteiger partial charge in [-0.1, -0.05) is 96.1 Å². The summed E-state index contributed by atoms with van der Waals surface area (Å²) in [4.78, 5) is 0. The second-order valence-electron chi connectivity index (χ2n) is 5.69. The Morgan fingerprint density at radius 2 is 1.00 bits per heavy atom. The minimum Gasteiger partial charge on any atom is -0.392 e. The monoisotopic (exact) mass is 268 g/mol. The summed E-state index contributed by atoms with van der Waals surface area (Å²) >= 11 is 0.